The summed E-state index contributed by atoms with van der Waals surface area (Å²) in [6, 6.07) is 3.74. The summed E-state index contributed by atoms with van der Waals surface area (Å²) in [5.74, 6) is 0.533. The number of hydrogen-bond donors (Lipinski definition) is 2. The van der Waals surface area contributed by atoms with E-state index in [-0.39, 0.29) is 12.1 Å². The van der Waals surface area contributed by atoms with E-state index in [1.165, 1.54) is 12.8 Å². The summed E-state index contributed by atoms with van der Waals surface area (Å²) in [6.45, 7) is 0.861. The van der Waals surface area contributed by atoms with Gasteiger partial charge in [0.05, 0.1) is 6.10 Å². The molecule has 0 aromatic carbocycles. The van der Waals surface area contributed by atoms with Crippen molar-refractivity contribution >= 4 is 5.82 Å². The molecule has 2 rings (SSSR count). The molecule has 0 amide bonds. The van der Waals surface area contributed by atoms with E-state index in [1.54, 1.807) is 6.20 Å². The number of pyridine rings is 1. The Labute approximate surface area is 96.0 Å². The van der Waals surface area contributed by atoms with Gasteiger partial charge in [-0.05, 0) is 31.7 Å². The molecule has 0 aliphatic carbocycles. The minimum absolute atomic E-state index is 0.0724. The number of nitrogens with zero attached hydrogens (tertiary/aromatic N) is 1. The van der Waals surface area contributed by atoms with Gasteiger partial charge in [-0.3, -0.25) is 0 Å². The highest BCUT2D eigenvalue weighted by Crippen LogP contribution is 2.25. The molecule has 0 saturated carbocycles. The van der Waals surface area contributed by atoms with Crippen LogP contribution < -0.4 is 11.5 Å². The van der Waals surface area contributed by atoms with Crippen LogP contribution in [0.3, 0.4) is 0 Å². The van der Waals surface area contributed by atoms with Crippen LogP contribution in [0.5, 0.6) is 0 Å². The predicted octanol–water partition coefficient (Wildman–Crippen LogP) is 1.62. The van der Waals surface area contributed by atoms with Crippen molar-refractivity contribution in [3.63, 3.8) is 0 Å². The minimum Gasteiger partial charge on any atom is -0.383 e. The fourth-order valence-corrected chi connectivity index (χ4v) is 2.15. The van der Waals surface area contributed by atoms with Crippen molar-refractivity contribution < 1.29 is 4.74 Å². The lowest BCUT2D eigenvalue weighted by Crippen LogP contribution is -2.25. The second-order valence-corrected chi connectivity index (χ2v) is 4.31. The summed E-state index contributed by atoms with van der Waals surface area (Å²) < 4.78 is 5.67. The van der Waals surface area contributed by atoms with E-state index in [2.05, 4.69) is 4.98 Å². The van der Waals surface area contributed by atoms with Gasteiger partial charge in [0, 0.05) is 24.4 Å². The van der Waals surface area contributed by atoms with Gasteiger partial charge in [0.15, 0.2) is 0 Å². The molecular weight excluding hydrogens is 202 g/mol. The quantitative estimate of drug-likeness (QED) is 0.813. The zero-order valence-corrected chi connectivity index (χ0v) is 9.43. The Kier molecular flexibility index (Phi) is 3.74. The number of ether oxygens (including phenoxy) is 1. The molecule has 0 bridgehead atoms. The Hall–Kier alpha value is -1.13. The van der Waals surface area contributed by atoms with Gasteiger partial charge in [-0.2, -0.15) is 0 Å². The van der Waals surface area contributed by atoms with Crippen LogP contribution in [-0.4, -0.2) is 17.7 Å². The van der Waals surface area contributed by atoms with Crippen molar-refractivity contribution in [3.05, 3.63) is 23.9 Å². The first-order valence-electron chi connectivity index (χ1n) is 5.85. The first kappa shape index (κ1) is 11.4. The molecule has 16 heavy (non-hydrogen) atoms. The highest BCUT2D eigenvalue weighted by atomic mass is 16.5. The molecule has 1 aromatic rings. The topological polar surface area (TPSA) is 74.2 Å². The minimum atomic E-state index is -0.0724. The third kappa shape index (κ3) is 2.71. The van der Waals surface area contributed by atoms with Gasteiger partial charge in [0.1, 0.15) is 5.82 Å². The highest BCUT2D eigenvalue weighted by Gasteiger charge is 2.19. The first-order chi connectivity index (χ1) is 7.77. The smallest absolute Gasteiger partial charge is 0.128 e. The Morgan fingerprint density at radius 3 is 3.06 bits per heavy atom. The van der Waals surface area contributed by atoms with E-state index in [1.807, 2.05) is 12.1 Å². The average molecular weight is 221 g/mol. The fraction of sp³-hybridized carbons (Fsp3) is 0.583. The zero-order chi connectivity index (χ0) is 11.4. The van der Waals surface area contributed by atoms with E-state index in [9.17, 15) is 0 Å². The Balaban J connectivity index is 1.96. The molecule has 2 atom stereocenters. The van der Waals surface area contributed by atoms with Crippen molar-refractivity contribution in [2.45, 2.75) is 37.8 Å². The largest absolute Gasteiger partial charge is 0.383 e. The maximum absolute atomic E-state index is 6.13. The van der Waals surface area contributed by atoms with E-state index >= 15 is 0 Å². The third-order valence-electron chi connectivity index (χ3n) is 3.06. The zero-order valence-electron chi connectivity index (χ0n) is 9.43. The van der Waals surface area contributed by atoms with E-state index < -0.39 is 0 Å². The number of hydrogen-bond acceptors (Lipinski definition) is 4. The van der Waals surface area contributed by atoms with Gasteiger partial charge in [0.25, 0.3) is 0 Å². The van der Waals surface area contributed by atoms with Gasteiger partial charge in [-0.25, -0.2) is 4.98 Å². The number of nitrogen functional groups attached to an aromatic ring is 1. The van der Waals surface area contributed by atoms with Crippen molar-refractivity contribution in [2.75, 3.05) is 12.3 Å². The normalized spacial score (nSPS) is 22.9. The molecule has 1 saturated heterocycles. The first-order valence-corrected chi connectivity index (χ1v) is 5.85. The summed E-state index contributed by atoms with van der Waals surface area (Å²) in [5, 5.41) is 0. The summed E-state index contributed by atoms with van der Waals surface area (Å²) in [5.41, 5.74) is 12.8. The molecule has 88 valence electrons. The summed E-state index contributed by atoms with van der Waals surface area (Å²) in [4.78, 5) is 4.05. The second-order valence-electron chi connectivity index (χ2n) is 4.31. The van der Waals surface area contributed by atoms with Crippen LogP contribution in [0.25, 0.3) is 0 Å². The van der Waals surface area contributed by atoms with Crippen molar-refractivity contribution in [2.24, 2.45) is 5.73 Å². The molecule has 2 unspecified atom stereocenters. The van der Waals surface area contributed by atoms with Crippen molar-refractivity contribution in [1.29, 1.82) is 0 Å². The number of anilines is 1. The second kappa shape index (κ2) is 5.27. The molecule has 1 aromatic heterocycles. The monoisotopic (exact) mass is 221 g/mol. The van der Waals surface area contributed by atoms with Crippen LogP contribution in [0, 0.1) is 0 Å². The van der Waals surface area contributed by atoms with Gasteiger partial charge >= 0.3 is 0 Å². The fourth-order valence-electron chi connectivity index (χ4n) is 2.15. The number of aromatic nitrogens is 1. The third-order valence-corrected chi connectivity index (χ3v) is 3.06. The van der Waals surface area contributed by atoms with Gasteiger partial charge in [-0.1, -0.05) is 6.07 Å². The van der Waals surface area contributed by atoms with Crippen LogP contribution >= 0.6 is 0 Å². The maximum Gasteiger partial charge on any atom is 0.128 e. The van der Waals surface area contributed by atoms with Crippen molar-refractivity contribution in [3.8, 4) is 0 Å². The molecule has 0 spiro atoms. The molecule has 1 aliphatic heterocycles. The number of rotatable bonds is 3. The molecule has 2 heterocycles. The summed E-state index contributed by atoms with van der Waals surface area (Å²) >= 11 is 0. The van der Waals surface area contributed by atoms with Gasteiger partial charge in [0.2, 0.25) is 0 Å². The summed E-state index contributed by atoms with van der Waals surface area (Å²) in [6.07, 6.45) is 6.30. The number of nitrogens with two attached hydrogens (primary N) is 2. The maximum atomic E-state index is 6.13. The molecule has 1 aliphatic rings. The molecule has 4 N–H and O–H groups in total. The van der Waals surface area contributed by atoms with E-state index in [0.29, 0.717) is 5.82 Å². The average Bonchev–Trinajstić information content (AvgIpc) is 2.31. The Morgan fingerprint density at radius 1 is 1.50 bits per heavy atom. The lowest BCUT2D eigenvalue weighted by molar-refractivity contribution is 0.00732. The van der Waals surface area contributed by atoms with E-state index in [4.69, 9.17) is 16.2 Å². The molecular formula is C12H19N3O. The summed E-state index contributed by atoms with van der Waals surface area (Å²) in [7, 11) is 0. The van der Waals surface area contributed by atoms with Crippen LogP contribution in [0.15, 0.2) is 18.3 Å². The van der Waals surface area contributed by atoms with Gasteiger partial charge < -0.3 is 16.2 Å². The highest BCUT2D eigenvalue weighted by molar-refractivity contribution is 5.40. The predicted molar refractivity (Wildman–Crippen MR) is 63.8 cm³/mol. The van der Waals surface area contributed by atoms with Crippen LogP contribution in [0.2, 0.25) is 0 Å². The molecule has 0 radical (unpaired) electrons. The Bertz CT molecular complexity index is 337. The van der Waals surface area contributed by atoms with Crippen LogP contribution in [-0.2, 0) is 4.74 Å². The van der Waals surface area contributed by atoms with Crippen LogP contribution in [0.1, 0.15) is 37.3 Å². The lowest BCUT2D eigenvalue weighted by Gasteiger charge is -2.25. The molecule has 1 fully saturated rings. The Morgan fingerprint density at radius 2 is 2.38 bits per heavy atom. The standard InChI is InChI=1S/C12H19N3O/c13-11(8-9-4-1-2-7-16-9)10-5-3-6-15-12(10)14/h3,5-6,9,11H,1-2,4,7-8,13H2,(H2,14,15). The van der Waals surface area contributed by atoms with Crippen LogP contribution in [0.4, 0.5) is 5.82 Å². The lowest BCUT2D eigenvalue weighted by atomic mass is 9.98. The SMILES string of the molecule is Nc1ncccc1C(N)CC1CCCCO1. The van der Waals surface area contributed by atoms with Gasteiger partial charge in [-0.15, -0.1) is 0 Å². The molecule has 4 heteroatoms. The van der Waals surface area contributed by atoms with E-state index in [0.717, 1.165) is 25.0 Å². The van der Waals surface area contributed by atoms with Crippen molar-refractivity contribution in [1.82, 2.24) is 4.98 Å². The molecule has 4 nitrogen and oxygen atoms in total.